The van der Waals surface area contributed by atoms with Crippen LogP contribution in [0.1, 0.15) is 17.0 Å². The van der Waals surface area contributed by atoms with Crippen molar-refractivity contribution in [1.29, 1.82) is 0 Å². The van der Waals surface area contributed by atoms with E-state index in [0.717, 1.165) is 6.07 Å². The number of aryl methyl sites for hydroxylation is 2. The van der Waals surface area contributed by atoms with Gasteiger partial charge >= 0.3 is 0 Å². The van der Waals surface area contributed by atoms with Crippen LogP contribution in [0.5, 0.6) is 5.88 Å². The molecule has 7 heteroatoms. The minimum Gasteiger partial charge on any atom is -0.481 e. The molecule has 120 valence electrons. The molecule has 0 radical (unpaired) electrons. The second-order valence-corrected chi connectivity index (χ2v) is 5.07. The van der Waals surface area contributed by atoms with E-state index in [-0.39, 0.29) is 6.61 Å². The highest BCUT2D eigenvalue weighted by molar-refractivity contribution is 5.43. The number of hydrogen-bond donors (Lipinski definition) is 1. The normalized spacial score (nSPS) is 11.1. The van der Waals surface area contributed by atoms with Gasteiger partial charge in [-0.15, -0.1) is 0 Å². The third-order valence-corrected chi connectivity index (χ3v) is 3.55. The van der Waals surface area contributed by atoms with Gasteiger partial charge in [0.1, 0.15) is 0 Å². The van der Waals surface area contributed by atoms with Crippen LogP contribution in [0.25, 0.3) is 5.65 Å². The summed E-state index contributed by atoms with van der Waals surface area (Å²) in [6, 6.07) is 7.47. The molecule has 3 rings (SSSR count). The van der Waals surface area contributed by atoms with E-state index in [2.05, 4.69) is 10.1 Å². The molecule has 1 aromatic carbocycles. The van der Waals surface area contributed by atoms with Crippen molar-refractivity contribution in [3.05, 3.63) is 58.9 Å². The zero-order chi connectivity index (χ0) is 16.4. The first-order valence-electron chi connectivity index (χ1n) is 7.08. The van der Waals surface area contributed by atoms with Crippen molar-refractivity contribution >= 4 is 5.65 Å². The Morgan fingerprint density at radius 2 is 2.00 bits per heavy atom. The summed E-state index contributed by atoms with van der Waals surface area (Å²) in [7, 11) is 1.51. The summed E-state index contributed by atoms with van der Waals surface area (Å²) in [5.74, 6) is -1.22. The number of aliphatic hydroxyl groups is 1. The van der Waals surface area contributed by atoms with Gasteiger partial charge in [0.15, 0.2) is 17.3 Å². The molecule has 0 saturated heterocycles. The van der Waals surface area contributed by atoms with Gasteiger partial charge in [-0.2, -0.15) is 9.61 Å². The SMILES string of the molecule is COc1cc(CCc2cccc(F)c2F)nc2cc(CO)nn12. The van der Waals surface area contributed by atoms with E-state index in [9.17, 15) is 8.78 Å². The Morgan fingerprint density at radius 1 is 1.17 bits per heavy atom. The van der Waals surface area contributed by atoms with Crippen LogP contribution >= 0.6 is 0 Å². The van der Waals surface area contributed by atoms with Gasteiger partial charge < -0.3 is 9.84 Å². The van der Waals surface area contributed by atoms with Crippen LogP contribution in [-0.2, 0) is 19.4 Å². The van der Waals surface area contributed by atoms with E-state index < -0.39 is 11.6 Å². The molecular weight excluding hydrogens is 304 g/mol. The number of halogens is 2. The molecule has 0 aliphatic carbocycles. The lowest BCUT2D eigenvalue weighted by Crippen LogP contribution is -2.03. The first-order chi connectivity index (χ1) is 11.1. The van der Waals surface area contributed by atoms with E-state index >= 15 is 0 Å². The topological polar surface area (TPSA) is 59.7 Å². The van der Waals surface area contributed by atoms with Crippen LogP contribution in [0.3, 0.4) is 0 Å². The summed E-state index contributed by atoms with van der Waals surface area (Å²) in [5, 5.41) is 13.3. The number of rotatable bonds is 5. The Morgan fingerprint density at radius 3 is 2.74 bits per heavy atom. The summed E-state index contributed by atoms with van der Waals surface area (Å²) in [4.78, 5) is 4.41. The molecule has 0 bridgehead atoms. The average molecular weight is 319 g/mol. The number of aliphatic hydroxyl groups excluding tert-OH is 1. The van der Waals surface area contributed by atoms with Crippen molar-refractivity contribution in [2.24, 2.45) is 0 Å². The van der Waals surface area contributed by atoms with E-state index in [4.69, 9.17) is 9.84 Å². The first kappa shape index (κ1) is 15.4. The molecule has 0 unspecified atom stereocenters. The molecule has 5 nitrogen and oxygen atoms in total. The van der Waals surface area contributed by atoms with Crippen molar-refractivity contribution < 1.29 is 18.6 Å². The number of fused-ring (bicyclic) bond motifs is 1. The van der Waals surface area contributed by atoms with Crippen molar-refractivity contribution in [2.45, 2.75) is 19.4 Å². The number of aromatic nitrogens is 3. The van der Waals surface area contributed by atoms with E-state index in [1.165, 1.54) is 17.7 Å². The van der Waals surface area contributed by atoms with Crippen LogP contribution in [0.4, 0.5) is 8.78 Å². The van der Waals surface area contributed by atoms with Crippen molar-refractivity contribution in [2.75, 3.05) is 7.11 Å². The maximum absolute atomic E-state index is 13.7. The number of ether oxygens (including phenoxy) is 1. The highest BCUT2D eigenvalue weighted by Gasteiger charge is 2.12. The largest absolute Gasteiger partial charge is 0.481 e. The average Bonchev–Trinajstić information content (AvgIpc) is 2.98. The molecule has 0 aliphatic heterocycles. The lowest BCUT2D eigenvalue weighted by Gasteiger charge is -2.07. The fourth-order valence-electron chi connectivity index (χ4n) is 2.40. The Kier molecular flexibility index (Phi) is 4.20. The van der Waals surface area contributed by atoms with Gasteiger partial charge in [0.2, 0.25) is 5.88 Å². The van der Waals surface area contributed by atoms with E-state index in [1.54, 1.807) is 18.2 Å². The second-order valence-electron chi connectivity index (χ2n) is 5.07. The van der Waals surface area contributed by atoms with Gasteiger partial charge in [0.25, 0.3) is 0 Å². The predicted octanol–water partition coefficient (Wildman–Crippen LogP) is 2.29. The van der Waals surface area contributed by atoms with Gasteiger partial charge in [-0.1, -0.05) is 12.1 Å². The molecule has 0 atom stereocenters. The molecular formula is C16H15F2N3O2. The Labute approximate surface area is 131 Å². The first-order valence-corrected chi connectivity index (χ1v) is 7.08. The van der Waals surface area contributed by atoms with E-state index in [0.29, 0.717) is 41.3 Å². The molecule has 0 fully saturated rings. The molecule has 23 heavy (non-hydrogen) atoms. The van der Waals surface area contributed by atoms with Crippen LogP contribution in [0, 0.1) is 11.6 Å². The molecule has 0 aliphatic rings. The quantitative estimate of drug-likeness (QED) is 0.784. The molecule has 1 N–H and O–H groups in total. The molecule has 0 saturated carbocycles. The molecule has 0 spiro atoms. The predicted molar refractivity (Wildman–Crippen MR) is 79.2 cm³/mol. The number of hydrogen-bond acceptors (Lipinski definition) is 4. The summed E-state index contributed by atoms with van der Waals surface area (Å²) in [5.41, 5.74) is 1.98. The second kappa shape index (κ2) is 6.29. The fourth-order valence-corrected chi connectivity index (χ4v) is 2.40. The van der Waals surface area contributed by atoms with Crippen molar-refractivity contribution in [3.8, 4) is 5.88 Å². The van der Waals surface area contributed by atoms with Crippen LogP contribution < -0.4 is 4.74 Å². The standard InChI is InChI=1S/C16H15F2N3O2/c1-23-15-8-11(19-14-7-12(9-22)20-21(14)15)6-5-10-3-2-4-13(17)16(10)18/h2-4,7-8,22H,5-6,9H2,1H3. The number of benzene rings is 1. The van der Waals surface area contributed by atoms with Gasteiger partial charge in [-0.3, -0.25) is 0 Å². The zero-order valence-corrected chi connectivity index (χ0v) is 12.5. The lowest BCUT2D eigenvalue weighted by atomic mass is 10.1. The van der Waals surface area contributed by atoms with Gasteiger partial charge in [0, 0.05) is 17.8 Å². The summed E-state index contributed by atoms with van der Waals surface area (Å²) >= 11 is 0. The third-order valence-electron chi connectivity index (χ3n) is 3.55. The molecule has 2 heterocycles. The summed E-state index contributed by atoms with van der Waals surface area (Å²) in [6.45, 7) is -0.198. The van der Waals surface area contributed by atoms with Crippen molar-refractivity contribution in [1.82, 2.24) is 14.6 Å². The highest BCUT2D eigenvalue weighted by atomic mass is 19.2. The lowest BCUT2D eigenvalue weighted by molar-refractivity contribution is 0.275. The van der Waals surface area contributed by atoms with Gasteiger partial charge in [-0.05, 0) is 24.5 Å². The monoisotopic (exact) mass is 319 g/mol. The minimum atomic E-state index is -0.855. The summed E-state index contributed by atoms with van der Waals surface area (Å²) in [6.07, 6.45) is 0.740. The van der Waals surface area contributed by atoms with Gasteiger partial charge in [-0.25, -0.2) is 13.8 Å². The smallest absolute Gasteiger partial charge is 0.217 e. The van der Waals surface area contributed by atoms with E-state index in [1.807, 2.05) is 0 Å². The Bertz CT molecular complexity index is 849. The Balaban J connectivity index is 1.89. The minimum absolute atomic E-state index is 0.198. The Hall–Kier alpha value is -2.54. The fraction of sp³-hybridized carbons (Fsp3) is 0.250. The molecule has 0 amide bonds. The van der Waals surface area contributed by atoms with Crippen molar-refractivity contribution in [3.63, 3.8) is 0 Å². The molecule has 2 aromatic heterocycles. The maximum atomic E-state index is 13.7. The summed E-state index contributed by atoms with van der Waals surface area (Å²) < 4.78 is 33.7. The third kappa shape index (κ3) is 3.00. The van der Waals surface area contributed by atoms with Crippen LogP contribution in [0.2, 0.25) is 0 Å². The van der Waals surface area contributed by atoms with Crippen LogP contribution in [-0.4, -0.2) is 26.8 Å². The number of methoxy groups -OCH3 is 1. The zero-order valence-electron chi connectivity index (χ0n) is 12.5. The number of nitrogens with zero attached hydrogens (tertiary/aromatic N) is 3. The highest BCUT2D eigenvalue weighted by Crippen LogP contribution is 2.19. The van der Waals surface area contributed by atoms with Crippen LogP contribution in [0.15, 0.2) is 30.3 Å². The van der Waals surface area contributed by atoms with Gasteiger partial charge in [0.05, 0.1) is 19.4 Å². The maximum Gasteiger partial charge on any atom is 0.217 e. The molecule has 3 aromatic rings.